The first kappa shape index (κ1) is 12.6. The Morgan fingerprint density at radius 1 is 1.39 bits per heavy atom. The Balaban J connectivity index is 1.70. The Morgan fingerprint density at radius 2 is 2.28 bits per heavy atom. The molecule has 1 aromatic heterocycles. The van der Waals surface area contributed by atoms with Gasteiger partial charge in [0.2, 0.25) is 0 Å². The number of aryl methyl sites for hydroxylation is 1. The van der Waals surface area contributed by atoms with Crippen LogP contribution in [0.4, 0.5) is 4.39 Å². The second kappa shape index (κ2) is 6.16. The zero-order valence-electron chi connectivity index (χ0n) is 9.99. The van der Waals surface area contributed by atoms with Crippen molar-refractivity contribution in [1.82, 2.24) is 15.3 Å². The van der Waals surface area contributed by atoms with Crippen LogP contribution in [0, 0.1) is 5.82 Å². The normalized spacial score (nSPS) is 10.7. The molecular formula is C13H16FN3O. The lowest BCUT2D eigenvalue weighted by Gasteiger charge is -2.06. The average molecular weight is 249 g/mol. The SMILES string of the molecule is Oc1ccc(F)cc1CNCCCc1ncc[nH]1. The van der Waals surface area contributed by atoms with E-state index in [1.54, 1.807) is 12.4 Å². The molecule has 4 nitrogen and oxygen atoms in total. The van der Waals surface area contributed by atoms with E-state index in [1.165, 1.54) is 18.2 Å². The van der Waals surface area contributed by atoms with Gasteiger partial charge in [0.1, 0.15) is 17.4 Å². The van der Waals surface area contributed by atoms with E-state index in [4.69, 9.17) is 0 Å². The maximum atomic E-state index is 13.0. The number of phenolic OH excluding ortho intramolecular Hbond substituents is 1. The van der Waals surface area contributed by atoms with Crippen molar-refractivity contribution in [2.45, 2.75) is 19.4 Å². The van der Waals surface area contributed by atoms with Crippen LogP contribution in [0.5, 0.6) is 5.75 Å². The van der Waals surface area contributed by atoms with Gasteiger partial charge in [-0.05, 0) is 31.2 Å². The summed E-state index contributed by atoms with van der Waals surface area (Å²) in [6.07, 6.45) is 5.33. The number of hydrogen-bond donors (Lipinski definition) is 3. The first-order chi connectivity index (χ1) is 8.75. The molecule has 0 saturated carbocycles. The minimum Gasteiger partial charge on any atom is -0.508 e. The fourth-order valence-electron chi connectivity index (χ4n) is 1.73. The van der Waals surface area contributed by atoms with Crippen molar-refractivity contribution >= 4 is 0 Å². The van der Waals surface area contributed by atoms with E-state index in [1.807, 2.05) is 0 Å². The molecule has 0 aliphatic carbocycles. The minimum atomic E-state index is -0.333. The maximum Gasteiger partial charge on any atom is 0.123 e. The monoisotopic (exact) mass is 249 g/mol. The Bertz CT molecular complexity index is 485. The number of phenols is 1. The highest BCUT2D eigenvalue weighted by atomic mass is 19.1. The molecular weight excluding hydrogens is 233 g/mol. The molecule has 1 aromatic carbocycles. The summed E-state index contributed by atoms with van der Waals surface area (Å²) in [5, 5.41) is 12.7. The third-order valence-corrected chi connectivity index (χ3v) is 2.68. The van der Waals surface area contributed by atoms with Gasteiger partial charge in [-0.3, -0.25) is 0 Å². The van der Waals surface area contributed by atoms with Crippen molar-refractivity contribution in [3.63, 3.8) is 0 Å². The molecule has 0 radical (unpaired) electrons. The summed E-state index contributed by atoms with van der Waals surface area (Å²) in [6, 6.07) is 3.96. The van der Waals surface area contributed by atoms with Gasteiger partial charge in [0, 0.05) is 30.9 Å². The first-order valence-electron chi connectivity index (χ1n) is 5.92. The van der Waals surface area contributed by atoms with Gasteiger partial charge in [-0.25, -0.2) is 9.37 Å². The van der Waals surface area contributed by atoms with Crippen LogP contribution in [0.25, 0.3) is 0 Å². The third-order valence-electron chi connectivity index (χ3n) is 2.68. The van der Waals surface area contributed by atoms with Gasteiger partial charge in [-0.1, -0.05) is 0 Å². The van der Waals surface area contributed by atoms with Gasteiger partial charge in [0.25, 0.3) is 0 Å². The van der Waals surface area contributed by atoms with Crippen LogP contribution in [0.2, 0.25) is 0 Å². The van der Waals surface area contributed by atoms with Gasteiger partial charge in [-0.15, -0.1) is 0 Å². The molecule has 3 N–H and O–H groups in total. The predicted molar refractivity (Wildman–Crippen MR) is 66.7 cm³/mol. The topological polar surface area (TPSA) is 60.9 Å². The van der Waals surface area contributed by atoms with Crippen molar-refractivity contribution in [1.29, 1.82) is 0 Å². The number of aromatic amines is 1. The summed E-state index contributed by atoms with van der Waals surface area (Å²) >= 11 is 0. The third kappa shape index (κ3) is 3.56. The molecule has 2 rings (SSSR count). The van der Waals surface area contributed by atoms with E-state index in [0.29, 0.717) is 12.1 Å². The number of nitrogens with zero attached hydrogens (tertiary/aromatic N) is 1. The summed E-state index contributed by atoms with van der Waals surface area (Å²) in [5.74, 6) is 0.750. The van der Waals surface area contributed by atoms with Crippen LogP contribution >= 0.6 is 0 Å². The molecule has 1 heterocycles. The predicted octanol–water partition coefficient (Wildman–Crippen LogP) is 1.98. The molecule has 0 unspecified atom stereocenters. The van der Waals surface area contributed by atoms with E-state index < -0.39 is 0 Å². The summed E-state index contributed by atoms with van der Waals surface area (Å²) in [5.41, 5.74) is 0.577. The number of rotatable bonds is 6. The zero-order valence-corrected chi connectivity index (χ0v) is 9.99. The fourth-order valence-corrected chi connectivity index (χ4v) is 1.73. The number of benzene rings is 1. The number of hydrogen-bond acceptors (Lipinski definition) is 3. The number of aromatic hydroxyl groups is 1. The number of nitrogens with one attached hydrogen (secondary N) is 2. The maximum absolute atomic E-state index is 13.0. The molecule has 0 aliphatic rings. The fraction of sp³-hybridized carbons (Fsp3) is 0.308. The van der Waals surface area contributed by atoms with Crippen LogP contribution in [-0.2, 0) is 13.0 Å². The summed E-state index contributed by atoms with van der Waals surface area (Å²) in [4.78, 5) is 7.16. The molecule has 18 heavy (non-hydrogen) atoms. The highest BCUT2D eigenvalue weighted by Crippen LogP contribution is 2.17. The van der Waals surface area contributed by atoms with Gasteiger partial charge < -0.3 is 15.4 Å². The van der Waals surface area contributed by atoms with E-state index in [0.717, 1.165) is 25.2 Å². The Hall–Kier alpha value is -1.88. The smallest absolute Gasteiger partial charge is 0.123 e. The average Bonchev–Trinajstić information content (AvgIpc) is 2.86. The molecule has 96 valence electrons. The molecule has 0 fully saturated rings. The van der Waals surface area contributed by atoms with Gasteiger partial charge in [0.05, 0.1) is 0 Å². The largest absolute Gasteiger partial charge is 0.508 e. The van der Waals surface area contributed by atoms with Crippen LogP contribution in [0.3, 0.4) is 0 Å². The summed E-state index contributed by atoms with van der Waals surface area (Å²) in [7, 11) is 0. The highest BCUT2D eigenvalue weighted by Gasteiger charge is 2.02. The lowest BCUT2D eigenvalue weighted by molar-refractivity contribution is 0.461. The second-order valence-corrected chi connectivity index (χ2v) is 4.09. The minimum absolute atomic E-state index is 0.120. The van der Waals surface area contributed by atoms with Crippen LogP contribution in [-0.4, -0.2) is 21.6 Å². The van der Waals surface area contributed by atoms with Gasteiger partial charge in [-0.2, -0.15) is 0 Å². The van der Waals surface area contributed by atoms with Gasteiger partial charge in [0.15, 0.2) is 0 Å². The van der Waals surface area contributed by atoms with Crippen molar-refractivity contribution < 1.29 is 9.50 Å². The van der Waals surface area contributed by atoms with Crippen molar-refractivity contribution in [3.05, 3.63) is 47.8 Å². The van der Waals surface area contributed by atoms with Crippen molar-refractivity contribution in [3.8, 4) is 5.75 Å². The molecule has 2 aromatic rings. The molecule has 0 atom stereocenters. The van der Waals surface area contributed by atoms with Crippen molar-refractivity contribution in [2.24, 2.45) is 0 Å². The molecule has 0 bridgehead atoms. The zero-order chi connectivity index (χ0) is 12.8. The first-order valence-corrected chi connectivity index (χ1v) is 5.92. The molecule has 0 spiro atoms. The van der Waals surface area contributed by atoms with Crippen LogP contribution in [0.1, 0.15) is 17.8 Å². The molecule has 5 heteroatoms. The van der Waals surface area contributed by atoms with E-state index in [-0.39, 0.29) is 11.6 Å². The lowest BCUT2D eigenvalue weighted by atomic mass is 10.2. The standard InChI is InChI=1S/C13H16FN3O/c14-11-3-4-12(18)10(8-11)9-15-5-1-2-13-16-6-7-17-13/h3-4,6-8,15,18H,1-2,5,9H2,(H,16,17). The van der Waals surface area contributed by atoms with E-state index in [2.05, 4.69) is 15.3 Å². The number of imidazole rings is 1. The molecule has 0 amide bonds. The Morgan fingerprint density at radius 3 is 3.06 bits per heavy atom. The van der Waals surface area contributed by atoms with Crippen LogP contribution < -0.4 is 5.32 Å². The van der Waals surface area contributed by atoms with Crippen LogP contribution in [0.15, 0.2) is 30.6 Å². The Labute approximate surface area is 105 Å². The lowest BCUT2D eigenvalue weighted by Crippen LogP contribution is -2.15. The van der Waals surface area contributed by atoms with E-state index >= 15 is 0 Å². The number of aromatic nitrogens is 2. The highest BCUT2D eigenvalue weighted by molar-refractivity contribution is 5.32. The van der Waals surface area contributed by atoms with E-state index in [9.17, 15) is 9.50 Å². The Kier molecular flexibility index (Phi) is 4.30. The van der Waals surface area contributed by atoms with Crippen molar-refractivity contribution in [2.75, 3.05) is 6.54 Å². The number of halogens is 1. The summed E-state index contributed by atoms with van der Waals surface area (Å²) in [6.45, 7) is 1.25. The molecule has 0 saturated heterocycles. The summed E-state index contributed by atoms with van der Waals surface area (Å²) < 4.78 is 13.0. The molecule has 0 aliphatic heterocycles. The van der Waals surface area contributed by atoms with Gasteiger partial charge >= 0.3 is 0 Å². The quantitative estimate of drug-likeness (QED) is 0.686. The second-order valence-electron chi connectivity index (χ2n) is 4.09. The number of H-pyrrole nitrogens is 1.